The SMILES string of the molecule is CCNC(=NCCc1ccc(OC(C)C)cc1)NC1CCN(C(=O)OCC)CC1. The van der Waals surface area contributed by atoms with Crippen LogP contribution in [0.5, 0.6) is 5.75 Å². The van der Waals surface area contributed by atoms with Crippen LogP contribution in [-0.2, 0) is 11.2 Å². The summed E-state index contributed by atoms with van der Waals surface area (Å²) in [5.41, 5.74) is 1.24. The summed E-state index contributed by atoms with van der Waals surface area (Å²) in [6, 6.07) is 8.53. The summed E-state index contributed by atoms with van der Waals surface area (Å²) < 4.78 is 10.8. The summed E-state index contributed by atoms with van der Waals surface area (Å²) >= 11 is 0. The van der Waals surface area contributed by atoms with E-state index in [0.717, 1.165) is 37.5 Å². The highest BCUT2D eigenvalue weighted by atomic mass is 16.6. The van der Waals surface area contributed by atoms with Crippen molar-refractivity contribution in [1.82, 2.24) is 15.5 Å². The van der Waals surface area contributed by atoms with Crippen molar-refractivity contribution in [1.29, 1.82) is 0 Å². The summed E-state index contributed by atoms with van der Waals surface area (Å²) in [6.45, 7) is 11.3. The Kier molecular flexibility index (Phi) is 9.60. The monoisotopic (exact) mass is 404 g/mol. The lowest BCUT2D eigenvalue weighted by atomic mass is 10.1. The first-order valence-corrected chi connectivity index (χ1v) is 10.7. The summed E-state index contributed by atoms with van der Waals surface area (Å²) in [5.74, 6) is 1.73. The molecule has 1 aliphatic heterocycles. The molecule has 29 heavy (non-hydrogen) atoms. The Bertz CT molecular complexity index is 638. The fourth-order valence-corrected chi connectivity index (χ4v) is 3.24. The number of carbonyl (C=O) groups excluding carboxylic acids is 1. The van der Waals surface area contributed by atoms with Gasteiger partial charge in [0.05, 0.1) is 12.7 Å². The highest BCUT2D eigenvalue weighted by Gasteiger charge is 2.23. The third-order valence-corrected chi connectivity index (χ3v) is 4.67. The van der Waals surface area contributed by atoms with Gasteiger partial charge in [0.15, 0.2) is 5.96 Å². The molecule has 0 radical (unpaired) electrons. The molecule has 1 saturated heterocycles. The number of nitrogens with one attached hydrogen (secondary N) is 2. The lowest BCUT2D eigenvalue weighted by Gasteiger charge is -2.32. The Morgan fingerprint density at radius 1 is 1.21 bits per heavy atom. The summed E-state index contributed by atoms with van der Waals surface area (Å²) in [5, 5.41) is 6.82. The van der Waals surface area contributed by atoms with Crippen LogP contribution in [0.2, 0.25) is 0 Å². The van der Waals surface area contributed by atoms with Crippen molar-refractivity contribution >= 4 is 12.1 Å². The number of aliphatic imine (C=N–C) groups is 1. The van der Waals surface area contributed by atoms with Gasteiger partial charge in [0.1, 0.15) is 5.75 Å². The second kappa shape index (κ2) is 12.2. The Balaban J connectivity index is 1.80. The standard InChI is InChI=1S/C22H36N4O3/c1-5-23-21(25-19-12-15-26(16-13-19)22(27)28-6-2)24-14-11-18-7-9-20(10-8-18)29-17(3)4/h7-10,17,19H,5-6,11-16H2,1-4H3,(H2,23,24,25). The van der Waals surface area contributed by atoms with Gasteiger partial charge in [-0.15, -0.1) is 0 Å². The lowest BCUT2D eigenvalue weighted by molar-refractivity contribution is 0.0963. The Morgan fingerprint density at radius 2 is 1.90 bits per heavy atom. The molecule has 0 saturated carbocycles. The largest absolute Gasteiger partial charge is 0.491 e. The second-order valence-corrected chi connectivity index (χ2v) is 7.43. The number of amides is 1. The van der Waals surface area contributed by atoms with Gasteiger partial charge in [0.25, 0.3) is 0 Å². The predicted molar refractivity (Wildman–Crippen MR) is 117 cm³/mol. The predicted octanol–water partition coefficient (Wildman–Crippen LogP) is 3.19. The number of carbonyl (C=O) groups is 1. The van der Waals surface area contributed by atoms with Gasteiger partial charge in [-0.2, -0.15) is 0 Å². The molecule has 7 nitrogen and oxygen atoms in total. The van der Waals surface area contributed by atoms with Crippen molar-refractivity contribution in [2.24, 2.45) is 4.99 Å². The Labute approximate surface area is 174 Å². The van der Waals surface area contributed by atoms with E-state index in [1.54, 1.807) is 4.90 Å². The zero-order chi connectivity index (χ0) is 21.1. The maximum Gasteiger partial charge on any atom is 0.409 e. The third kappa shape index (κ3) is 8.21. The van der Waals surface area contributed by atoms with Crippen molar-refractivity contribution in [3.05, 3.63) is 29.8 Å². The molecule has 1 aromatic rings. The molecular weight excluding hydrogens is 368 g/mol. The van der Waals surface area contributed by atoms with Crippen molar-refractivity contribution in [2.45, 2.75) is 59.1 Å². The zero-order valence-corrected chi connectivity index (χ0v) is 18.2. The molecule has 2 rings (SSSR count). The van der Waals surface area contributed by atoms with Gasteiger partial charge >= 0.3 is 6.09 Å². The smallest absolute Gasteiger partial charge is 0.409 e. The van der Waals surface area contributed by atoms with E-state index in [-0.39, 0.29) is 12.2 Å². The van der Waals surface area contributed by atoms with E-state index < -0.39 is 0 Å². The van der Waals surface area contributed by atoms with E-state index in [2.05, 4.69) is 29.7 Å². The van der Waals surface area contributed by atoms with Crippen molar-refractivity contribution < 1.29 is 14.3 Å². The molecule has 0 spiro atoms. The average molecular weight is 405 g/mol. The molecule has 1 aromatic carbocycles. The molecule has 0 aliphatic carbocycles. The maximum absolute atomic E-state index is 11.8. The van der Waals surface area contributed by atoms with E-state index in [4.69, 9.17) is 14.5 Å². The van der Waals surface area contributed by atoms with Gasteiger partial charge in [-0.25, -0.2) is 4.79 Å². The number of benzene rings is 1. The van der Waals surface area contributed by atoms with Gasteiger partial charge in [0, 0.05) is 32.2 Å². The molecule has 0 aromatic heterocycles. The van der Waals surface area contributed by atoms with Gasteiger partial charge in [-0.1, -0.05) is 12.1 Å². The number of hydrogen-bond acceptors (Lipinski definition) is 4. The molecule has 1 heterocycles. The number of nitrogens with zero attached hydrogens (tertiary/aromatic N) is 2. The minimum Gasteiger partial charge on any atom is -0.491 e. The topological polar surface area (TPSA) is 75.2 Å². The molecule has 1 amide bonds. The maximum atomic E-state index is 11.8. The Morgan fingerprint density at radius 3 is 2.48 bits per heavy atom. The van der Waals surface area contributed by atoms with Crippen LogP contribution in [0.15, 0.2) is 29.3 Å². The quantitative estimate of drug-likeness (QED) is 0.514. The molecule has 0 bridgehead atoms. The number of rotatable bonds is 8. The molecule has 0 atom stereocenters. The first-order chi connectivity index (χ1) is 14.0. The highest BCUT2D eigenvalue weighted by molar-refractivity contribution is 5.80. The van der Waals surface area contributed by atoms with E-state index in [1.165, 1.54) is 5.56 Å². The minimum absolute atomic E-state index is 0.184. The minimum atomic E-state index is -0.212. The molecule has 0 unspecified atom stereocenters. The number of guanidine groups is 1. The van der Waals surface area contributed by atoms with Gasteiger partial charge in [0.2, 0.25) is 0 Å². The van der Waals surface area contributed by atoms with Crippen molar-refractivity contribution in [3.8, 4) is 5.75 Å². The van der Waals surface area contributed by atoms with E-state index >= 15 is 0 Å². The lowest BCUT2D eigenvalue weighted by Crippen LogP contribution is -2.50. The molecular formula is C22H36N4O3. The molecule has 7 heteroatoms. The number of ether oxygens (including phenoxy) is 2. The van der Waals surface area contributed by atoms with E-state index in [9.17, 15) is 4.79 Å². The number of piperidine rings is 1. The number of likely N-dealkylation sites (tertiary alicyclic amines) is 1. The van der Waals surface area contributed by atoms with Crippen LogP contribution in [0.4, 0.5) is 4.79 Å². The van der Waals surface area contributed by atoms with E-state index in [1.807, 2.05) is 32.9 Å². The molecule has 162 valence electrons. The van der Waals surface area contributed by atoms with E-state index in [0.29, 0.717) is 32.3 Å². The molecule has 2 N–H and O–H groups in total. The van der Waals surface area contributed by atoms with Crippen LogP contribution in [0.1, 0.15) is 46.1 Å². The normalized spacial score (nSPS) is 15.3. The average Bonchev–Trinajstić information content (AvgIpc) is 2.70. The van der Waals surface area contributed by atoms with Crippen molar-refractivity contribution in [3.63, 3.8) is 0 Å². The Hall–Kier alpha value is -2.44. The highest BCUT2D eigenvalue weighted by Crippen LogP contribution is 2.14. The van der Waals surface area contributed by atoms with Crippen LogP contribution < -0.4 is 15.4 Å². The molecule has 1 aliphatic rings. The fraction of sp³-hybridized carbons (Fsp3) is 0.636. The summed E-state index contributed by atoms with van der Waals surface area (Å²) in [6.07, 6.45) is 2.63. The fourth-order valence-electron chi connectivity index (χ4n) is 3.24. The van der Waals surface area contributed by atoms with Crippen molar-refractivity contribution in [2.75, 3.05) is 32.8 Å². The first kappa shape index (κ1) is 22.8. The summed E-state index contributed by atoms with van der Waals surface area (Å²) in [7, 11) is 0. The molecule has 1 fully saturated rings. The van der Waals surface area contributed by atoms with Crippen LogP contribution in [0.25, 0.3) is 0 Å². The van der Waals surface area contributed by atoms with Gasteiger partial charge < -0.3 is 25.0 Å². The van der Waals surface area contributed by atoms with Gasteiger partial charge in [-0.05, 0) is 64.7 Å². The van der Waals surface area contributed by atoms with Crippen LogP contribution in [0, 0.1) is 0 Å². The zero-order valence-electron chi connectivity index (χ0n) is 18.2. The third-order valence-electron chi connectivity index (χ3n) is 4.67. The number of hydrogen-bond donors (Lipinski definition) is 2. The van der Waals surface area contributed by atoms with Crippen LogP contribution >= 0.6 is 0 Å². The van der Waals surface area contributed by atoms with Crippen LogP contribution in [0.3, 0.4) is 0 Å². The van der Waals surface area contributed by atoms with Gasteiger partial charge in [-0.3, -0.25) is 4.99 Å². The second-order valence-electron chi connectivity index (χ2n) is 7.43. The first-order valence-electron chi connectivity index (χ1n) is 10.7. The summed E-state index contributed by atoms with van der Waals surface area (Å²) in [4.78, 5) is 18.3. The van der Waals surface area contributed by atoms with Crippen LogP contribution in [-0.4, -0.2) is 61.9 Å².